The molecule has 0 saturated carbocycles. The van der Waals surface area contributed by atoms with Gasteiger partial charge in [0.2, 0.25) is 5.70 Å². The van der Waals surface area contributed by atoms with Gasteiger partial charge in [0.05, 0.1) is 6.61 Å². The minimum absolute atomic E-state index is 0.253. The van der Waals surface area contributed by atoms with Crippen LogP contribution in [0, 0.1) is 17.0 Å². The lowest BCUT2D eigenvalue weighted by molar-refractivity contribution is -0.406. The van der Waals surface area contributed by atoms with Crippen molar-refractivity contribution in [2.45, 2.75) is 40.5 Å². The average molecular weight is 211 g/mol. The SMILES string of the molecule is CCCCOC1=C(C)[N+]([O-])=CC(C)C1C. The summed E-state index contributed by atoms with van der Waals surface area (Å²) in [4.78, 5) is 0. The fraction of sp³-hybridized carbons (Fsp3) is 0.750. The second-order valence-corrected chi connectivity index (χ2v) is 4.27. The Morgan fingerprint density at radius 2 is 2.13 bits per heavy atom. The summed E-state index contributed by atoms with van der Waals surface area (Å²) in [6.45, 7) is 8.83. The van der Waals surface area contributed by atoms with E-state index in [1.54, 1.807) is 6.21 Å². The molecule has 1 aliphatic rings. The normalized spacial score (nSPS) is 26.5. The van der Waals surface area contributed by atoms with Crippen molar-refractivity contribution in [2.24, 2.45) is 11.8 Å². The molecule has 0 saturated heterocycles. The van der Waals surface area contributed by atoms with E-state index in [0.717, 1.165) is 23.3 Å². The van der Waals surface area contributed by atoms with Crippen LogP contribution >= 0.6 is 0 Å². The first kappa shape index (κ1) is 12.1. The highest BCUT2D eigenvalue weighted by atomic mass is 16.5. The maximum absolute atomic E-state index is 11.5. The lowest BCUT2D eigenvalue weighted by atomic mass is 9.92. The number of rotatable bonds is 4. The van der Waals surface area contributed by atoms with Crippen LogP contribution in [0.2, 0.25) is 0 Å². The second-order valence-electron chi connectivity index (χ2n) is 4.27. The molecule has 0 aliphatic carbocycles. The Balaban J connectivity index is 2.72. The summed E-state index contributed by atoms with van der Waals surface area (Å²) in [6, 6.07) is 0. The van der Waals surface area contributed by atoms with E-state index < -0.39 is 0 Å². The molecule has 0 aromatic carbocycles. The molecule has 15 heavy (non-hydrogen) atoms. The molecule has 0 radical (unpaired) electrons. The van der Waals surface area contributed by atoms with Gasteiger partial charge in [0, 0.05) is 18.8 Å². The molecule has 0 aromatic rings. The van der Waals surface area contributed by atoms with Gasteiger partial charge in [0.1, 0.15) is 0 Å². The zero-order valence-corrected chi connectivity index (χ0v) is 10.1. The van der Waals surface area contributed by atoms with E-state index in [1.165, 1.54) is 0 Å². The monoisotopic (exact) mass is 211 g/mol. The van der Waals surface area contributed by atoms with E-state index >= 15 is 0 Å². The predicted molar refractivity (Wildman–Crippen MR) is 61.6 cm³/mol. The van der Waals surface area contributed by atoms with E-state index in [0.29, 0.717) is 18.2 Å². The van der Waals surface area contributed by atoms with Crippen molar-refractivity contribution in [1.82, 2.24) is 0 Å². The molecule has 0 spiro atoms. The summed E-state index contributed by atoms with van der Waals surface area (Å²) in [5, 5.41) is 11.5. The van der Waals surface area contributed by atoms with Gasteiger partial charge in [-0.1, -0.05) is 27.2 Å². The van der Waals surface area contributed by atoms with Crippen LogP contribution in [0.15, 0.2) is 11.5 Å². The molecule has 0 fully saturated rings. The molecule has 0 N–H and O–H groups in total. The van der Waals surface area contributed by atoms with Crippen molar-refractivity contribution in [1.29, 1.82) is 0 Å². The van der Waals surface area contributed by atoms with Crippen LogP contribution in [-0.4, -0.2) is 17.6 Å². The molecule has 0 bridgehead atoms. The van der Waals surface area contributed by atoms with Crippen LogP contribution < -0.4 is 0 Å². The molecule has 3 nitrogen and oxygen atoms in total. The van der Waals surface area contributed by atoms with Crippen molar-refractivity contribution in [3.05, 3.63) is 16.7 Å². The molecule has 1 heterocycles. The van der Waals surface area contributed by atoms with Crippen LogP contribution in [-0.2, 0) is 4.74 Å². The quantitative estimate of drug-likeness (QED) is 0.407. The molecule has 0 amide bonds. The van der Waals surface area contributed by atoms with Gasteiger partial charge in [-0.25, -0.2) is 0 Å². The summed E-state index contributed by atoms with van der Waals surface area (Å²) in [6.07, 6.45) is 3.87. The molecule has 2 atom stereocenters. The minimum Gasteiger partial charge on any atom is -0.619 e. The van der Waals surface area contributed by atoms with Gasteiger partial charge in [-0.2, -0.15) is 4.74 Å². The fourth-order valence-corrected chi connectivity index (χ4v) is 1.69. The Morgan fingerprint density at radius 3 is 2.73 bits per heavy atom. The third-order valence-corrected chi connectivity index (χ3v) is 3.02. The summed E-state index contributed by atoms with van der Waals surface area (Å²) in [7, 11) is 0. The van der Waals surface area contributed by atoms with Gasteiger partial charge in [0.25, 0.3) is 0 Å². The van der Waals surface area contributed by atoms with E-state index in [4.69, 9.17) is 4.74 Å². The first-order chi connectivity index (χ1) is 7.07. The summed E-state index contributed by atoms with van der Waals surface area (Å²) < 4.78 is 6.64. The van der Waals surface area contributed by atoms with Gasteiger partial charge in [-0.05, 0) is 6.42 Å². The van der Waals surface area contributed by atoms with E-state index in [-0.39, 0.29) is 5.92 Å². The van der Waals surface area contributed by atoms with Crippen LogP contribution in [0.3, 0.4) is 0 Å². The highest BCUT2D eigenvalue weighted by molar-refractivity contribution is 5.58. The van der Waals surface area contributed by atoms with Gasteiger partial charge in [0.15, 0.2) is 12.0 Å². The molecule has 3 heteroatoms. The maximum Gasteiger partial charge on any atom is 0.227 e. The van der Waals surface area contributed by atoms with E-state index in [1.807, 2.05) is 13.8 Å². The zero-order chi connectivity index (χ0) is 11.4. The van der Waals surface area contributed by atoms with Crippen LogP contribution in [0.5, 0.6) is 0 Å². The predicted octanol–water partition coefficient (Wildman–Crippen LogP) is 2.90. The standard InChI is InChI=1S/C12H21NO2/c1-5-6-7-15-12-10(3)9(2)8-13(14)11(12)4/h8-10H,5-7H2,1-4H3. The highest BCUT2D eigenvalue weighted by Gasteiger charge is 2.29. The Kier molecular flexibility index (Phi) is 4.18. The molecule has 2 unspecified atom stereocenters. The summed E-state index contributed by atoms with van der Waals surface area (Å²) in [5.74, 6) is 1.43. The molecule has 1 aliphatic heterocycles. The first-order valence-corrected chi connectivity index (χ1v) is 5.72. The van der Waals surface area contributed by atoms with Gasteiger partial charge < -0.3 is 9.94 Å². The van der Waals surface area contributed by atoms with Gasteiger partial charge in [-0.3, -0.25) is 0 Å². The Hall–Kier alpha value is -0.990. The second kappa shape index (κ2) is 5.19. The lowest BCUT2D eigenvalue weighted by Gasteiger charge is -2.25. The van der Waals surface area contributed by atoms with E-state index in [9.17, 15) is 5.21 Å². The van der Waals surface area contributed by atoms with Gasteiger partial charge in [-0.15, -0.1) is 0 Å². The Morgan fingerprint density at radius 1 is 1.47 bits per heavy atom. The lowest BCUT2D eigenvalue weighted by Crippen LogP contribution is -2.26. The fourth-order valence-electron chi connectivity index (χ4n) is 1.69. The van der Waals surface area contributed by atoms with Crippen molar-refractivity contribution in [3.8, 4) is 0 Å². The van der Waals surface area contributed by atoms with Crippen LogP contribution in [0.1, 0.15) is 40.5 Å². The zero-order valence-electron chi connectivity index (χ0n) is 10.1. The number of hydrogen-bond donors (Lipinski definition) is 0. The topological polar surface area (TPSA) is 35.3 Å². The number of unbranched alkanes of at least 4 members (excludes halogenated alkanes) is 1. The van der Waals surface area contributed by atoms with Crippen molar-refractivity contribution in [2.75, 3.05) is 6.61 Å². The highest BCUT2D eigenvalue weighted by Crippen LogP contribution is 2.27. The van der Waals surface area contributed by atoms with Crippen molar-refractivity contribution >= 4 is 6.21 Å². The number of hydroxylamine groups is 1. The third kappa shape index (κ3) is 2.74. The Bertz CT molecular complexity index is 281. The van der Waals surface area contributed by atoms with Crippen LogP contribution in [0.4, 0.5) is 0 Å². The molecule has 0 aromatic heterocycles. The van der Waals surface area contributed by atoms with Crippen molar-refractivity contribution in [3.63, 3.8) is 0 Å². The summed E-state index contributed by atoms with van der Waals surface area (Å²) >= 11 is 0. The molecular formula is C12H21NO2. The van der Waals surface area contributed by atoms with Gasteiger partial charge >= 0.3 is 0 Å². The third-order valence-electron chi connectivity index (χ3n) is 3.02. The minimum atomic E-state index is 0.253. The summed E-state index contributed by atoms with van der Waals surface area (Å²) in [5.41, 5.74) is 0.705. The molecular weight excluding hydrogens is 190 g/mol. The number of ether oxygens (including phenoxy) is 1. The van der Waals surface area contributed by atoms with E-state index in [2.05, 4.69) is 13.8 Å². The maximum atomic E-state index is 11.5. The molecule has 86 valence electrons. The Labute approximate surface area is 92.0 Å². The first-order valence-electron chi connectivity index (χ1n) is 5.72. The van der Waals surface area contributed by atoms with Crippen LogP contribution in [0.25, 0.3) is 0 Å². The number of nitrogens with zero attached hydrogens (tertiary/aromatic N) is 1. The smallest absolute Gasteiger partial charge is 0.227 e. The number of hydrogen-bond acceptors (Lipinski definition) is 2. The molecule has 1 rings (SSSR count). The number of allylic oxidation sites excluding steroid dienone is 2. The average Bonchev–Trinajstić information content (AvgIpc) is 2.20. The largest absolute Gasteiger partial charge is 0.619 e. The van der Waals surface area contributed by atoms with Crippen molar-refractivity contribution < 1.29 is 9.48 Å².